The van der Waals surface area contributed by atoms with Crippen LogP contribution >= 0.6 is 15.9 Å². The standard InChI is InChI=1S/C21H16BrN3O3/c1-2-12-5-3-4-6-18(12)25-20(27)16(19(26)24-21(25)28)9-13-11-23-17-8-7-14(22)10-15(13)17/h3-11,27H,2H2,1H3,(H,24,26,28)/b13-9+. The number of aliphatic imine (C=N–C) groups is 1. The number of hydrogen-bond acceptors (Lipinski definition) is 4. The number of fused-ring (bicyclic) bond motifs is 1. The van der Waals surface area contributed by atoms with Crippen molar-refractivity contribution in [3.63, 3.8) is 0 Å². The average molecular weight is 438 g/mol. The zero-order valence-corrected chi connectivity index (χ0v) is 16.5. The van der Waals surface area contributed by atoms with Crippen molar-refractivity contribution >= 4 is 39.5 Å². The van der Waals surface area contributed by atoms with E-state index < -0.39 is 17.1 Å². The number of allylic oxidation sites excluding steroid dienone is 1. The zero-order valence-electron chi connectivity index (χ0n) is 14.9. The Morgan fingerprint density at radius 2 is 2.00 bits per heavy atom. The normalized spacial score (nSPS) is 13.9. The van der Waals surface area contributed by atoms with Gasteiger partial charge in [0, 0.05) is 21.8 Å². The summed E-state index contributed by atoms with van der Waals surface area (Å²) in [6, 6.07) is 12.9. The predicted molar refractivity (Wildman–Crippen MR) is 114 cm³/mol. The van der Waals surface area contributed by atoms with Gasteiger partial charge in [-0.15, -0.1) is 0 Å². The van der Waals surface area contributed by atoms with E-state index in [1.165, 1.54) is 0 Å². The third-order valence-corrected chi connectivity index (χ3v) is 5.14. The zero-order chi connectivity index (χ0) is 19.8. The molecule has 0 saturated carbocycles. The number of hydrogen-bond donors (Lipinski definition) is 2. The number of nitrogens with one attached hydrogen (secondary N) is 1. The highest BCUT2D eigenvalue weighted by atomic mass is 79.9. The monoisotopic (exact) mass is 437 g/mol. The average Bonchev–Trinajstić information content (AvgIpc) is 3.07. The SMILES string of the molecule is CCc1ccccc1-n1c(O)c(/C=C2\C=Nc3ccc(Br)cc32)c(=O)[nH]c1=O. The molecule has 2 N–H and O–H groups in total. The fourth-order valence-corrected chi connectivity index (χ4v) is 3.61. The van der Waals surface area contributed by atoms with E-state index in [0.717, 1.165) is 25.9 Å². The maximum absolute atomic E-state index is 12.5. The molecule has 28 heavy (non-hydrogen) atoms. The summed E-state index contributed by atoms with van der Waals surface area (Å²) >= 11 is 3.43. The van der Waals surface area contributed by atoms with Gasteiger partial charge in [0.05, 0.1) is 11.4 Å². The van der Waals surface area contributed by atoms with Gasteiger partial charge in [0.1, 0.15) is 5.56 Å². The molecule has 4 rings (SSSR count). The van der Waals surface area contributed by atoms with Crippen molar-refractivity contribution < 1.29 is 5.11 Å². The van der Waals surface area contributed by atoms with Crippen molar-refractivity contribution in [3.05, 3.63) is 84.5 Å². The summed E-state index contributed by atoms with van der Waals surface area (Å²) in [5.74, 6) is -0.404. The van der Waals surface area contributed by atoms with Crippen LogP contribution in [-0.2, 0) is 6.42 Å². The lowest BCUT2D eigenvalue weighted by Crippen LogP contribution is -2.31. The van der Waals surface area contributed by atoms with Gasteiger partial charge in [-0.2, -0.15) is 0 Å². The Balaban J connectivity index is 1.94. The van der Waals surface area contributed by atoms with E-state index in [-0.39, 0.29) is 5.56 Å². The lowest BCUT2D eigenvalue weighted by molar-refractivity contribution is 0.429. The lowest BCUT2D eigenvalue weighted by atomic mass is 10.0. The molecule has 0 saturated heterocycles. The van der Waals surface area contributed by atoms with Crippen LogP contribution in [0.3, 0.4) is 0 Å². The van der Waals surface area contributed by atoms with Gasteiger partial charge >= 0.3 is 5.69 Å². The van der Waals surface area contributed by atoms with Crippen LogP contribution in [0.15, 0.2) is 61.5 Å². The summed E-state index contributed by atoms with van der Waals surface area (Å²) in [5.41, 5.74) is 2.35. The van der Waals surface area contributed by atoms with E-state index in [1.54, 1.807) is 24.4 Å². The van der Waals surface area contributed by atoms with Gasteiger partial charge in [-0.05, 0) is 42.3 Å². The van der Waals surface area contributed by atoms with E-state index in [2.05, 4.69) is 25.9 Å². The number of aromatic hydroxyl groups is 1. The van der Waals surface area contributed by atoms with Gasteiger partial charge in [0.15, 0.2) is 0 Å². The Kier molecular flexibility index (Phi) is 4.60. The molecule has 0 amide bonds. The smallest absolute Gasteiger partial charge is 0.335 e. The van der Waals surface area contributed by atoms with E-state index >= 15 is 0 Å². The first kappa shape index (κ1) is 18.2. The number of rotatable bonds is 3. The Bertz CT molecular complexity index is 1270. The van der Waals surface area contributed by atoms with E-state index in [4.69, 9.17) is 0 Å². The second kappa shape index (κ2) is 7.09. The highest BCUT2D eigenvalue weighted by Crippen LogP contribution is 2.35. The molecule has 1 aliphatic heterocycles. The van der Waals surface area contributed by atoms with Crippen molar-refractivity contribution in [1.29, 1.82) is 0 Å². The molecule has 2 heterocycles. The first-order chi connectivity index (χ1) is 13.5. The van der Waals surface area contributed by atoms with Crippen LogP contribution in [0.5, 0.6) is 5.88 Å². The number of halogens is 1. The molecular weight excluding hydrogens is 422 g/mol. The van der Waals surface area contributed by atoms with Crippen LogP contribution < -0.4 is 11.2 Å². The minimum Gasteiger partial charge on any atom is -0.494 e. The van der Waals surface area contributed by atoms with Gasteiger partial charge in [-0.1, -0.05) is 41.1 Å². The summed E-state index contributed by atoms with van der Waals surface area (Å²) in [7, 11) is 0. The van der Waals surface area contributed by atoms with Crippen molar-refractivity contribution in [2.24, 2.45) is 4.99 Å². The Hall–Kier alpha value is -3.19. The first-order valence-electron chi connectivity index (χ1n) is 8.72. The van der Waals surface area contributed by atoms with Gasteiger partial charge in [-0.25, -0.2) is 9.36 Å². The number of H-pyrrole nitrogens is 1. The number of aryl methyl sites for hydroxylation is 1. The summed E-state index contributed by atoms with van der Waals surface area (Å²) in [4.78, 5) is 31.5. The van der Waals surface area contributed by atoms with Crippen molar-refractivity contribution in [1.82, 2.24) is 9.55 Å². The topological polar surface area (TPSA) is 87.4 Å². The number of para-hydroxylation sites is 1. The van der Waals surface area contributed by atoms with Crippen molar-refractivity contribution in [2.75, 3.05) is 0 Å². The number of benzene rings is 2. The van der Waals surface area contributed by atoms with Gasteiger partial charge < -0.3 is 5.11 Å². The molecule has 6 nitrogen and oxygen atoms in total. The molecule has 3 aromatic rings. The van der Waals surface area contributed by atoms with E-state index in [0.29, 0.717) is 17.7 Å². The Morgan fingerprint density at radius 3 is 2.79 bits per heavy atom. The second-order valence-corrected chi connectivity index (χ2v) is 7.25. The quantitative estimate of drug-likeness (QED) is 0.652. The fourth-order valence-electron chi connectivity index (χ4n) is 3.25. The molecule has 0 unspecified atom stereocenters. The fraction of sp³-hybridized carbons (Fsp3) is 0.0952. The second-order valence-electron chi connectivity index (χ2n) is 6.33. The molecular formula is C21H16BrN3O3. The van der Waals surface area contributed by atoms with Crippen LogP contribution in [0.2, 0.25) is 0 Å². The summed E-state index contributed by atoms with van der Waals surface area (Å²) in [6.07, 6.45) is 3.84. The third kappa shape index (κ3) is 3.03. The van der Waals surface area contributed by atoms with Gasteiger partial charge in [0.2, 0.25) is 5.88 Å². The maximum Gasteiger partial charge on any atom is 0.335 e. The third-order valence-electron chi connectivity index (χ3n) is 4.65. The van der Waals surface area contributed by atoms with Crippen molar-refractivity contribution in [3.8, 4) is 11.6 Å². The molecule has 0 spiro atoms. The molecule has 1 aromatic heterocycles. The van der Waals surface area contributed by atoms with E-state index in [1.807, 2.05) is 37.3 Å². The Morgan fingerprint density at radius 1 is 1.21 bits per heavy atom. The molecule has 0 bridgehead atoms. The molecule has 0 radical (unpaired) electrons. The summed E-state index contributed by atoms with van der Waals surface area (Å²) in [5, 5.41) is 10.8. The first-order valence-corrected chi connectivity index (χ1v) is 9.51. The Labute approximate surface area is 168 Å². The molecule has 140 valence electrons. The minimum atomic E-state index is -0.686. The van der Waals surface area contributed by atoms with Crippen LogP contribution in [0.4, 0.5) is 5.69 Å². The molecule has 7 heteroatoms. The predicted octanol–water partition coefficient (Wildman–Crippen LogP) is 3.81. The lowest BCUT2D eigenvalue weighted by Gasteiger charge is -2.13. The summed E-state index contributed by atoms with van der Waals surface area (Å²) in [6.45, 7) is 1.96. The largest absolute Gasteiger partial charge is 0.494 e. The summed E-state index contributed by atoms with van der Waals surface area (Å²) < 4.78 is 2.00. The number of aromatic nitrogens is 2. The molecule has 0 fully saturated rings. The van der Waals surface area contributed by atoms with E-state index in [9.17, 15) is 14.7 Å². The maximum atomic E-state index is 12.5. The highest BCUT2D eigenvalue weighted by molar-refractivity contribution is 9.10. The number of aromatic amines is 1. The van der Waals surface area contributed by atoms with Crippen LogP contribution in [0.1, 0.15) is 23.6 Å². The molecule has 2 aromatic carbocycles. The van der Waals surface area contributed by atoms with Gasteiger partial charge in [0.25, 0.3) is 5.56 Å². The van der Waals surface area contributed by atoms with Crippen LogP contribution in [0.25, 0.3) is 17.3 Å². The number of nitrogens with zero attached hydrogens (tertiary/aromatic N) is 2. The molecule has 0 aliphatic carbocycles. The minimum absolute atomic E-state index is 0.000202. The molecule has 0 atom stereocenters. The molecule has 1 aliphatic rings. The van der Waals surface area contributed by atoms with Crippen molar-refractivity contribution in [2.45, 2.75) is 13.3 Å². The van der Waals surface area contributed by atoms with Crippen LogP contribution in [0, 0.1) is 0 Å². The highest BCUT2D eigenvalue weighted by Gasteiger charge is 2.19. The van der Waals surface area contributed by atoms with Crippen LogP contribution in [-0.4, -0.2) is 20.9 Å². The van der Waals surface area contributed by atoms with Gasteiger partial charge in [-0.3, -0.25) is 14.8 Å².